The van der Waals surface area contributed by atoms with Gasteiger partial charge >= 0.3 is 5.97 Å². The number of carbonyl (C=O) groups excluding carboxylic acids is 1. The third-order valence-electron chi connectivity index (χ3n) is 7.29. The average molecular weight is 509 g/mol. The van der Waals surface area contributed by atoms with Crippen LogP contribution in [0.4, 0.5) is 5.69 Å². The molecule has 0 spiro atoms. The molecule has 3 aromatic carbocycles. The highest BCUT2D eigenvalue weighted by Gasteiger charge is 2.40. The van der Waals surface area contributed by atoms with E-state index in [-0.39, 0.29) is 18.9 Å². The monoisotopic (exact) mass is 508 g/mol. The van der Waals surface area contributed by atoms with Gasteiger partial charge in [0.2, 0.25) is 5.91 Å². The van der Waals surface area contributed by atoms with Crippen LogP contribution in [0, 0.1) is 6.92 Å². The number of amides is 1. The van der Waals surface area contributed by atoms with E-state index in [1.54, 1.807) is 6.33 Å². The first-order valence-electron chi connectivity index (χ1n) is 12.8. The van der Waals surface area contributed by atoms with Crippen molar-refractivity contribution in [3.63, 3.8) is 0 Å². The molecule has 1 aliphatic rings. The van der Waals surface area contributed by atoms with Crippen molar-refractivity contribution in [2.24, 2.45) is 0 Å². The molecule has 4 aromatic rings. The van der Waals surface area contributed by atoms with Gasteiger partial charge in [-0.1, -0.05) is 72.8 Å². The molecular weight excluding hydrogens is 476 g/mol. The number of hydrogen-bond donors (Lipinski definition) is 1. The summed E-state index contributed by atoms with van der Waals surface area (Å²) in [6.45, 7) is 2.84. The Bertz CT molecular complexity index is 1410. The summed E-state index contributed by atoms with van der Waals surface area (Å²) in [5.41, 5.74) is 6.74. The Labute approximate surface area is 223 Å². The number of rotatable bonds is 7. The summed E-state index contributed by atoms with van der Waals surface area (Å²) >= 11 is 0. The molecule has 1 N–H and O–H groups in total. The van der Waals surface area contributed by atoms with Gasteiger partial charge in [0.1, 0.15) is 6.04 Å². The smallest absolute Gasteiger partial charge is 0.326 e. The largest absolute Gasteiger partial charge is 0.480 e. The van der Waals surface area contributed by atoms with Crippen LogP contribution in [0.5, 0.6) is 0 Å². The van der Waals surface area contributed by atoms with E-state index in [1.165, 1.54) is 10.5 Å². The zero-order chi connectivity index (χ0) is 26.8. The summed E-state index contributed by atoms with van der Waals surface area (Å²) in [5, 5.41) is 10.2. The number of anilines is 1. The molecule has 7 nitrogen and oxygen atoms in total. The predicted molar refractivity (Wildman–Crippen MR) is 147 cm³/mol. The third-order valence-corrected chi connectivity index (χ3v) is 7.29. The van der Waals surface area contributed by atoms with Crippen LogP contribution in [-0.4, -0.2) is 51.6 Å². The van der Waals surface area contributed by atoms with Crippen molar-refractivity contribution in [3.8, 4) is 0 Å². The lowest BCUT2D eigenvalue weighted by molar-refractivity contribution is -0.151. The lowest BCUT2D eigenvalue weighted by Gasteiger charge is -2.35. The van der Waals surface area contributed by atoms with E-state index in [0.29, 0.717) is 6.54 Å². The van der Waals surface area contributed by atoms with Crippen molar-refractivity contribution in [1.82, 2.24) is 14.5 Å². The quantitative estimate of drug-likeness (QED) is 0.398. The molecule has 38 heavy (non-hydrogen) atoms. The van der Waals surface area contributed by atoms with E-state index in [0.717, 1.165) is 33.8 Å². The molecule has 1 atom stereocenters. The first-order valence-corrected chi connectivity index (χ1v) is 12.8. The second kappa shape index (κ2) is 10.5. The minimum atomic E-state index is -1.01. The molecule has 2 heterocycles. The predicted octanol–water partition coefficient (Wildman–Crippen LogP) is 4.48. The maximum Gasteiger partial charge on any atom is 0.326 e. The van der Waals surface area contributed by atoms with Crippen LogP contribution in [0.2, 0.25) is 0 Å². The van der Waals surface area contributed by atoms with Gasteiger partial charge in [-0.05, 0) is 35.2 Å². The van der Waals surface area contributed by atoms with Gasteiger partial charge in [0.15, 0.2) is 0 Å². The molecule has 1 aliphatic heterocycles. The first kappa shape index (κ1) is 25.3. The molecule has 0 unspecified atom stereocenters. The van der Waals surface area contributed by atoms with Gasteiger partial charge in [0.05, 0.1) is 24.5 Å². The fourth-order valence-electron chi connectivity index (χ4n) is 5.42. The van der Waals surface area contributed by atoms with E-state index in [1.807, 2.05) is 79.3 Å². The molecule has 1 amide bonds. The number of nitrogens with zero attached hydrogens (tertiary/aromatic N) is 4. The first-order chi connectivity index (χ1) is 18.3. The van der Waals surface area contributed by atoms with Crippen molar-refractivity contribution in [1.29, 1.82) is 0 Å². The normalized spacial score (nSPS) is 14.8. The Morgan fingerprint density at radius 3 is 2.18 bits per heavy atom. The Kier molecular flexibility index (Phi) is 7.01. The van der Waals surface area contributed by atoms with Crippen molar-refractivity contribution in [2.45, 2.75) is 38.4 Å². The number of aromatic nitrogens is 2. The van der Waals surface area contributed by atoms with Crippen LogP contribution in [0.25, 0.3) is 0 Å². The third kappa shape index (κ3) is 4.92. The van der Waals surface area contributed by atoms with Crippen molar-refractivity contribution >= 4 is 17.6 Å². The van der Waals surface area contributed by atoms with Crippen LogP contribution in [0.3, 0.4) is 0 Å². The highest BCUT2D eigenvalue weighted by atomic mass is 16.4. The van der Waals surface area contributed by atoms with Gasteiger partial charge in [-0.25, -0.2) is 9.78 Å². The molecule has 0 radical (unpaired) electrons. The maximum atomic E-state index is 14.1. The number of imidazole rings is 1. The summed E-state index contributed by atoms with van der Waals surface area (Å²) < 4.78 is 2.02. The van der Waals surface area contributed by atoms with E-state index in [4.69, 9.17) is 0 Å². The summed E-state index contributed by atoms with van der Waals surface area (Å²) in [4.78, 5) is 34.7. The van der Waals surface area contributed by atoms with Crippen LogP contribution in [0.15, 0.2) is 85.2 Å². The average Bonchev–Trinajstić information content (AvgIpc) is 3.30. The second-order valence-corrected chi connectivity index (χ2v) is 10.1. The molecule has 0 fully saturated rings. The Balaban J connectivity index is 1.46. The fraction of sp³-hybridized carbons (Fsp3) is 0.258. The highest BCUT2D eigenvalue weighted by Crippen LogP contribution is 2.32. The van der Waals surface area contributed by atoms with Gasteiger partial charge in [0.25, 0.3) is 0 Å². The standard InChI is InChI=1S/C31H32N4O3/c1-21-16-22(14-15-26(21)33(2)3)18-34-20-32-25-19-35(28(31(37)38)17-27(25)34)30(36)29(23-10-6-4-7-11-23)24-12-8-5-9-13-24/h4-16,20,28-29H,17-19H2,1-3H3,(H,37,38)/t28-/m1/s1. The van der Waals surface area contributed by atoms with E-state index >= 15 is 0 Å². The Morgan fingerprint density at radius 1 is 1.00 bits per heavy atom. The zero-order valence-electron chi connectivity index (χ0n) is 21.9. The van der Waals surface area contributed by atoms with E-state index in [9.17, 15) is 14.7 Å². The van der Waals surface area contributed by atoms with Gasteiger partial charge in [0, 0.05) is 38.4 Å². The fourth-order valence-corrected chi connectivity index (χ4v) is 5.42. The number of carboxylic acid groups (broad SMARTS) is 1. The number of aliphatic carboxylic acids is 1. The lowest BCUT2D eigenvalue weighted by atomic mass is 9.88. The maximum absolute atomic E-state index is 14.1. The molecular formula is C31H32N4O3. The number of aryl methyl sites for hydroxylation is 1. The Hall–Kier alpha value is -4.39. The number of carbonyl (C=O) groups is 2. The van der Waals surface area contributed by atoms with Gasteiger partial charge in [-0.2, -0.15) is 0 Å². The van der Waals surface area contributed by atoms with Crippen LogP contribution in [-0.2, 0) is 29.1 Å². The Morgan fingerprint density at radius 2 is 1.63 bits per heavy atom. The van der Waals surface area contributed by atoms with E-state index in [2.05, 4.69) is 35.0 Å². The molecule has 0 aliphatic carbocycles. The molecule has 0 saturated heterocycles. The molecule has 5 rings (SSSR count). The molecule has 0 bridgehead atoms. The van der Waals surface area contributed by atoms with Crippen molar-refractivity contribution in [2.75, 3.05) is 19.0 Å². The SMILES string of the molecule is Cc1cc(Cn2cnc3c2C[C@H](C(=O)O)N(C(=O)C(c2ccccc2)c2ccccc2)C3)ccc1N(C)C. The van der Waals surface area contributed by atoms with Crippen LogP contribution in [0.1, 0.15) is 39.6 Å². The number of hydrogen-bond acceptors (Lipinski definition) is 4. The number of fused-ring (bicyclic) bond motifs is 1. The topological polar surface area (TPSA) is 78.7 Å². The molecule has 1 aromatic heterocycles. The van der Waals surface area contributed by atoms with Crippen LogP contribution < -0.4 is 4.90 Å². The minimum Gasteiger partial charge on any atom is -0.480 e. The summed E-state index contributed by atoms with van der Waals surface area (Å²) in [7, 11) is 4.04. The minimum absolute atomic E-state index is 0.160. The van der Waals surface area contributed by atoms with Crippen LogP contribution >= 0.6 is 0 Å². The van der Waals surface area contributed by atoms with Gasteiger partial charge in [-0.15, -0.1) is 0 Å². The summed E-state index contributed by atoms with van der Waals surface area (Å²) in [5.74, 6) is -1.84. The van der Waals surface area contributed by atoms with Gasteiger partial charge < -0.3 is 19.5 Å². The second-order valence-electron chi connectivity index (χ2n) is 10.1. The molecule has 7 heteroatoms. The molecule has 194 valence electrons. The van der Waals surface area contributed by atoms with Crippen molar-refractivity contribution < 1.29 is 14.7 Å². The van der Waals surface area contributed by atoms with Crippen molar-refractivity contribution in [3.05, 3.63) is 119 Å². The number of carboxylic acids is 1. The van der Waals surface area contributed by atoms with Gasteiger partial charge in [-0.3, -0.25) is 4.79 Å². The number of benzene rings is 3. The summed E-state index contributed by atoms with van der Waals surface area (Å²) in [6, 6.07) is 24.4. The lowest BCUT2D eigenvalue weighted by Crippen LogP contribution is -2.50. The highest BCUT2D eigenvalue weighted by molar-refractivity contribution is 5.91. The zero-order valence-corrected chi connectivity index (χ0v) is 21.9. The summed E-state index contributed by atoms with van der Waals surface area (Å²) in [6.07, 6.45) is 1.97. The molecule has 0 saturated carbocycles. The van der Waals surface area contributed by atoms with E-state index < -0.39 is 17.9 Å².